The van der Waals surface area contributed by atoms with E-state index < -0.39 is 0 Å². The van der Waals surface area contributed by atoms with E-state index in [0.717, 1.165) is 0 Å². The first-order valence-corrected chi connectivity index (χ1v) is 4.85. The second-order valence-corrected chi connectivity index (χ2v) is 3.16. The Hall–Kier alpha value is -2.37. The molecule has 90 valence electrons. The van der Waals surface area contributed by atoms with Crippen molar-refractivity contribution in [3.63, 3.8) is 0 Å². The molecule has 1 heterocycles. The van der Waals surface area contributed by atoms with Gasteiger partial charge in [-0.1, -0.05) is 11.2 Å². The van der Waals surface area contributed by atoms with Crippen molar-refractivity contribution in [3.8, 4) is 23.2 Å². The van der Waals surface area contributed by atoms with Gasteiger partial charge in [-0.15, -0.1) is 0 Å². The SMILES string of the molecule is COc1cccc(OC)c1Oc1cc(N)no1. The third-order valence-corrected chi connectivity index (χ3v) is 2.09. The lowest BCUT2D eigenvalue weighted by molar-refractivity contribution is 0.269. The molecule has 2 rings (SSSR count). The number of para-hydroxylation sites is 1. The van der Waals surface area contributed by atoms with Gasteiger partial charge in [0.2, 0.25) is 5.75 Å². The topological polar surface area (TPSA) is 79.7 Å². The molecule has 0 aliphatic heterocycles. The molecule has 0 radical (unpaired) electrons. The van der Waals surface area contributed by atoms with Crippen molar-refractivity contribution < 1.29 is 18.7 Å². The first kappa shape index (κ1) is 11.1. The van der Waals surface area contributed by atoms with Gasteiger partial charge in [0.15, 0.2) is 17.3 Å². The van der Waals surface area contributed by atoms with Gasteiger partial charge in [-0.25, -0.2) is 0 Å². The van der Waals surface area contributed by atoms with Gasteiger partial charge >= 0.3 is 5.95 Å². The summed E-state index contributed by atoms with van der Waals surface area (Å²) in [6.07, 6.45) is 0. The van der Waals surface area contributed by atoms with E-state index in [-0.39, 0.29) is 11.8 Å². The van der Waals surface area contributed by atoms with Crippen molar-refractivity contribution in [2.24, 2.45) is 0 Å². The van der Waals surface area contributed by atoms with Gasteiger partial charge in [-0.2, -0.15) is 0 Å². The van der Waals surface area contributed by atoms with Gasteiger partial charge < -0.3 is 24.5 Å². The minimum atomic E-state index is 0.172. The fourth-order valence-corrected chi connectivity index (χ4v) is 1.34. The van der Waals surface area contributed by atoms with Crippen LogP contribution < -0.4 is 19.9 Å². The van der Waals surface area contributed by atoms with Crippen LogP contribution in [-0.2, 0) is 0 Å². The van der Waals surface area contributed by atoms with Crippen LogP contribution in [0.5, 0.6) is 23.2 Å². The van der Waals surface area contributed by atoms with Crippen molar-refractivity contribution in [2.75, 3.05) is 20.0 Å². The minimum absolute atomic E-state index is 0.172. The first-order chi connectivity index (χ1) is 8.24. The highest BCUT2D eigenvalue weighted by atomic mass is 16.6. The Morgan fingerprint density at radius 1 is 1.18 bits per heavy atom. The standard InChI is InChI=1S/C11H12N2O4/c1-14-7-4-3-5-8(15-2)11(7)16-10-6-9(12)13-17-10/h3-6H,1-2H3,(H2,12,13). The molecule has 0 saturated carbocycles. The van der Waals surface area contributed by atoms with Crippen LogP contribution in [0, 0.1) is 0 Å². The molecule has 0 saturated heterocycles. The number of benzene rings is 1. The molecular formula is C11H12N2O4. The lowest BCUT2D eigenvalue weighted by Gasteiger charge is -2.11. The Balaban J connectivity index is 2.36. The van der Waals surface area contributed by atoms with Crippen LogP contribution in [0.2, 0.25) is 0 Å². The Bertz CT molecular complexity index is 488. The molecule has 6 nitrogen and oxygen atoms in total. The van der Waals surface area contributed by atoms with E-state index >= 15 is 0 Å². The molecular weight excluding hydrogens is 224 g/mol. The average Bonchev–Trinajstić information content (AvgIpc) is 2.75. The van der Waals surface area contributed by atoms with E-state index in [2.05, 4.69) is 5.16 Å². The lowest BCUT2D eigenvalue weighted by atomic mass is 10.3. The summed E-state index contributed by atoms with van der Waals surface area (Å²) in [6, 6.07) is 6.75. The molecule has 6 heteroatoms. The highest BCUT2D eigenvalue weighted by molar-refractivity contribution is 5.52. The summed E-state index contributed by atoms with van der Waals surface area (Å²) in [4.78, 5) is 0. The van der Waals surface area contributed by atoms with Crippen LogP contribution in [0.4, 0.5) is 5.82 Å². The van der Waals surface area contributed by atoms with Crippen LogP contribution in [0.25, 0.3) is 0 Å². The summed E-state index contributed by atoms with van der Waals surface area (Å²) in [6.45, 7) is 0. The van der Waals surface area contributed by atoms with Crippen LogP contribution in [0.15, 0.2) is 28.8 Å². The maximum atomic E-state index is 5.48. The van der Waals surface area contributed by atoms with Gasteiger partial charge in [0, 0.05) is 0 Å². The summed E-state index contributed by atoms with van der Waals surface area (Å²) >= 11 is 0. The molecule has 0 atom stereocenters. The molecule has 2 aromatic rings. The molecule has 2 N–H and O–H groups in total. The third kappa shape index (κ3) is 2.25. The second-order valence-electron chi connectivity index (χ2n) is 3.16. The fourth-order valence-electron chi connectivity index (χ4n) is 1.34. The van der Waals surface area contributed by atoms with Crippen molar-refractivity contribution in [1.82, 2.24) is 5.16 Å². The number of methoxy groups -OCH3 is 2. The third-order valence-electron chi connectivity index (χ3n) is 2.09. The number of anilines is 1. The van der Waals surface area contributed by atoms with Crippen LogP contribution in [0.1, 0.15) is 0 Å². The minimum Gasteiger partial charge on any atom is -0.493 e. The van der Waals surface area contributed by atoms with Gasteiger partial charge in [-0.05, 0) is 12.1 Å². The van der Waals surface area contributed by atoms with Crippen LogP contribution >= 0.6 is 0 Å². The Morgan fingerprint density at radius 2 is 1.82 bits per heavy atom. The van der Waals surface area contributed by atoms with Crippen molar-refractivity contribution >= 4 is 5.82 Å². The number of nitrogens with two attached hydrogens (primary N) is 1. The normalized spacial score (nSPS) is 10.0. The summed E-state index contributed by atoms with van der Waals surface area (Å²) in [5.74, 6) is 1.88. The van der Waals surface area contributed by atoms with Crippen LogP contribution in [-0.4, -0.2) is 19.4 Å². The van der Waals surface area contributed by atoms with Crippen molar-refractivity contribution in [3.05, 3.63) is 24.3 Å². The van der Waals surface area contributed by atoms with E-state index in [1.54, 1.807) is 18.2 Å². The van der Waals surface area contributed by atoms with E-state index in [0.29, 0.717) is 17.2 Å². The first-order valence-electron chi connectivity index (χ1n) is 4.85. The Kier molecular flexibility index (Phi) is 3.04. The van der Waals surface area contributed by atoms with E-state index in [1.807, 2.05) is 0 Å². The molecule has 0 aliphatic carbocycles. The number of nitrogens with zero attached hydrogens (tertiary/aromatic N) is 1. The number of nitrogen functional groups attached to an aromatic ring is 1. The molecule has 1 aromatic heterocycles. The number of aromatic nitrogens is 1. The molecule has 0 bridgehead atoms. The molecule has 0 amide bonds. The van der Waals surface area contributed by atoms with Crippen LogP contribution in [0.3, 0.4) is 0 Å². The molecule has 1 aromatic carbocycles. The van der Waals surface area contributed by atoms with E-state index in [1.165, 1.54) is 20.3 Å². The van der Waals surface area contributed by atoms with Gasteiger partial charge in [0.05, 0.1) is 20.3 Å². The Labute approximate surface area is 97.9 Å². The highest BCUT2D eigenvalue weighted by Gasteiger charge is 2.14. The largest absolute Gasteiger partial charge is 0.493 e. The molecule has 0 fully saturated rings. The van der Waals surface area contributed by atoms with Gasteiger partial charge in [0.25, 0.3) is 0 Å². The monoisotopic (exact) mass is 236 g/mol. The zero-order valence-corrected chi connectivity index (χ0v) is 9.47. The smallest absolute Gasteiger partial charge is 0.319 e. The van der Waals surface area contributed by atoms with Crippen molar-refractivity contribution in [2.45, 2.75) is 0 Å². The lowest BCUT2D eigenvalue weighted by Crippen LogP contribution is -1.93. The molecule has 17 heavy (non-hydrogen) atoms. The number of rotatable bonds is 4. The highest BCUT2D eigenvalue weighted by Crippen LogP contribution is 2.40. The molecule has 0 unspecified atom stereocenters. The summed E-state index contributed by atoms with van der Waals surface area (Å²) in [7, 11) is 3.08. The fraction of sp³-hybridized carbons (Fsp3) is 0.182. The second kappa shape index (κ2) is 4.65. The quantitative estimate of drug-likeness (QED) is 0.875. The maximum Gasteiger partial charge on any atom is 0.319 e. The van der Waals surface area contributed by atoms with E-state index in [9.17, 15) is 0 Å². The van der Waals surface area contributed by atoms with E-state index in [4.69, 9.17) is 24.5 Å². The molecule has 0 spiro atoms. The zero-order chi connectivity index (χ0) is 12.3. The predicted octanol–water partition coefficient (Wildman–Crippen LogP) is 2.07. The maximum absolute atomic E-state index is 5.48. The molecule has 0 aliphatic rings. The average molecular weight is 236 g/mol. The Morgan fingerprint density at radius 3 is 2.29 bits per heavy atom. The van der Waals surface area contributed by atoms with Gasteiger partial charge in [0.1, 0.15) is 0 Å². The summed E-state index contributed by atoms with van der Waals surface area (Å²) in [5.41, 5.74) is 5.43. The number of hydrogen-bond acceptors (Lipinski definition) is 6. The predicted molar refractivity (Wildman–Crippen MR) is 60.5 cm³/mol. The van der Waals surface area contributed by atoms with Crippen molar-refractivity contribution in [1.29, 1.82) is 0 Å². The number of ether oxygens (including phenoxy) is 3. The van der Waals surface area contributed by atoms with Gasteiger partial charge in [-0.3, -0.25) is 0 Å². The summed E-state index contributed by atoms with van der Waals surface area (Å²) in [5, 5.41) is 3.52. The summed E-state index contributed by atoms with van der Waals surface area (Å²) < 4.78 is 20.7. The number of hydrogen-bond donors (Lipinski definition) is 1. The zero-order valence-electron chi connectivity index (χ0n) is 9.47.